The number of hydrogen-bond acceptors (Lipinski definition) is 5. The summed E-state index contributed by atoms with van der Waals surface area (Å²) in [6.07, 6.45) is 2.13. The molecule has 2 fully saturated rings. The van der Waals surface area contributed by atoms with E-state index in [1.54, 1.807) is 19.2 Å². The second-order valence-corrected chi connectivity index (χ2v) is 7.25. The molecule has 2 aliphatic heterocycles. The Morgan fingerprint density at radius 3 is 2.46 bits per heavy atom. The minimum Gasteiger partial charge on any atom is -0.493 e. The first kappa shape index (κ1) is 20.6. The fourth-order valence-corrected chi connectivity index (χ4v) is 4.03. The van der Waals surface area contributed by atoms with Crippen molar-refractivity contribution in [3.05, 3.63) is 47.9 Å². The molecule has 2 atom stereocenters. The number of halogens is 1. The molecular weight excluding hydrogens is 380 g/mol. The quantitative estimate of drug-likeness (QED) is 0.824. The van der Waals surface area contributed by atoms with Crippen molar-refractivity contribution in [2.75, 3.05) is 33.3 Å². The lowest BCUT2D eigenvalue weighted by atomic mass is 9.92. The van der Waals surface area contributed by atoms with Crippen LogP contribution in [-0.4, -0.2) is 44.1 Å². The zero-order valence-corrected chi connectivity index (χ0v) is 16.9. The number of carbonyl (C=O) groups is 1. The number of para-hydroxylation sites is 2. The lowest BCUT2D eigenvalue weighted by molar-refractivity contribution is 0.0722. The Balaban J connectivity index is 0.00000225. The van der Waals surface area contributed by atoms with Crippen LogP contribution in [-0.2, 0) is 6.61 Å². The first-order valence-corrected chi connectivity index (χ1v) is 9.59. The maximum Gasteiger partial charge on any atom is 0.289 e. The second-order valence-electron chi connectivity index (χ2n) is 7.25. The van der Waals surface area contributed by atoms with Crippen LogP contribution in [0.2, 0.25) is 0 Å². The monoisotopic (exact) mass is 406 g/mol. The molecule has 0 unspecified atom stereocenters. The van der Waals surface area contributed by atoms with Gasteiger partial charge in [0, 0.05) is 13.1 Å². The van der Waals surface area contributed by atoms with Gasteiger partial charge < -0.3 is 24.1 Å². The highest BCUT2D eigenvalue weighted by Crippen LogP contribution is 2.29. The van der Waals surface area contributed by atoms with Gasteiger partial charge in [0.15, 0.2) is 17.3 Å². The number of likely N-dealkylation sites (tertiary alicyclic amines) is 1. The third-order valence-corrected chi connectivity index (χ3v) is 5.62. The maximum absolute atomic E-state index is 12.8. The van der Waals surface area contributed by atoms with Crippen LogP contribution < -0.4 is 14.8 Å². The molecule has 0 saturated carbocycles. The molecule has 28 heavy (non-hydrogen) atoms. The number of benzene rings is 1. The molecule has 152 valence electrons. The van der Waals surface area contributed by atoms with Crippen molar-refractivity contribution in [3.8, 4) is 11.5 Å². The molecule has 6 nitrogen and oxygen atoms in total. The Bertz CT molecular complexity index is 780. The van der Waals surface area contributed by atoms with Gasteiger partial charge >= 0.3 is 0 Å². The highest BCUT2D eigenvalue weighted by atomic mass is 35.5. The van der Waals surface area contributed by atoms with E-state index < -0.39 is 0 Å². The van der Waals surface area contributed by atoms with Crippen molar-refractivity contribution < 1.29 is 18.7 Å². The summed E-state index contributed by atoms with van der Waals surface area (Å²) in [6, 6.07) is 11.0. The number of ether oxygens (including phenoxy) is 2. The first-order valence-electron chi connectivity index (χ1n) is 9.59. The summed E-state index contributed by atoms with van der Waals surface area (Å²) in [5.74, 6) is 3.71. The van der Waals surface area contributed by atoms with Crippen LogP contribution in [0, 0.1) is 11.8 Å². The summed E-state index contributed by atoms with van der Waals surface area (Å²) in [4.78, 5) is 14.7. The van der Waals surface area contributed by atoms with E-state index in [4.69, 9.17) is 13.9 Å². The molecule has 0 bridgehead atoms. The van der Waals surface area contributed by atoms with E-state index in [0.717, 1.165) is 39.0 Å². The van der Waals surface area contributed by atoms with Gasteiger partial charge in [0.2, 0.25) is 0 Å². The van der Waals surface area contributed by atoms with Gasteiger partial charge in [0.1, 0.15) is 12.4 Å². The Morgan fingerprint density at radius 1 is 1.11 bits per heavy atom. The van der Waals surface area contributed by atoms with Crippen molar-refractivity contribution in [3.63, 3.8) is 0 Å². The molecule has 1 aromatic heterocycles. The fourth-order valence-electron chi connectivity index (χ4n) is 4.03. The Kier molecular flexibility index (Phi) is 6.86. The van der Waals surface area contributed by atoms with Crippen LogP contribution in [0.5, 0.6) is 11.5 Å². The van der Waals surface area contributed by atoms with E-state index in [9.17, 15) is 4.79 Å². The average Bonchev–Trinajstić information content (AvgIpc) is 3.31. The molecule has 3 heterocycles. The number of methoxy groups -OCH3 is 1. The topological polar surface area (TPSA) is 63.9 Å². The van der Waals surface area contributed by atoms with E-state index >= 15 is 0 Å². The van der Waals surface area contributed by atoms with Crippen molar-refractivity contribution in [1.82, 2.24) is 10.2 Å². The molecule has 2 aromatic rings. The normalized spacial score (nSPS) is 21.4. The lowest BCUT2D eigenvalue weighted by Gasteiger charge is -2.19. The predicted octanol–water partition coefficient (Wildman–Crippen LogP) is 3.36. The molecule has 0 spiro atoms. The van der Waals surface area contributed by atoms with Gasteiger partial charge in [-0.2, -0.15) is 0 Å². The number of rotatable bonds is 5. The summed E-state index contributed by atoms with van der Waals surface area (Å²) < 4.78 is 16.8. The lowest BCUT2D eigenvalue weighted by Crippen LogP contribution is -2.32. The summed E-state index contributed by atoms with van der Waals surface area (Å²) >= 11 is 0. The van der Waals surface area contributed by atoms with Gasteiger partial charge in [-0.15, -0.1) is 12.4 Å². The zero-order chi connectivity index (χ0) is 18.6. The van der Waals surface area contributed by atoms with Crippen molar-refractivity contribution in [1.29, 1.82) is 0 Å². The minimum atomic E-state index is -0.0218. The number of hydrogen-bond donors (Lipinski definition) is 1. The van der Waals surface area contributed by atoms with Gasteiger partial charge in [-0.05, 0) is 62.0 Å². The third kappa shape index (κ3) is 4.45. The average molecular weight is 407 g/mol. The van der Waals surface area contributed by atoms with Crippen LogP contribution in [0.15, 0.2) is 40.8 Å². The van der Waals surface area contributed by atoms with Gasteiger partial charge in [-0.3, -0.25) is 4.79 Å². The van der Waals surface area contributed by atoms with Crippen molar-refractivity contribution in [2.24, 2.45) is 11.8 Å². The summed E-state index contributed by atoms with van der Waals surface area (Å²) in [7, 11) is 1.61. The molecule has 1 aromatic carbocycles. The molecule has 0 aliphatic carbocycles. The summed E-state index contributed by atoms with van der Waals surface area (Å²) in [6.45, 7) is 4.02. The Labute approximate surface area is 171 Å². The third-order valence-electron chi connectivity index (χ3n) is 5.62. The fraction of sp³-hybridized carbons (Fsp3) is 0.476. The molecule has 1 amide bonds. The van der Waals surface area contributed by atoms with Gasteiger partial charge in [-0.1, -0.05) is 12.1 Å². The van der Waals surface area contributed by atoms with E-state index in [1.165, 1.54) is 0 Å². The SMILES string of the molecule is COc1ccccc1OCc1ccc(C(=O)N2CC[C@@H]3CNC[C@@H]3CC2)o1.Cl. The van der Waals surface area contributed by atoms with Crippen LogP contribution in [0.4, 0.5) is 0 Å². The highest BCUT2D eigenvalue weighted by molar-refractivity contribution is 5.91. The smallest absolute Gasteiger partial charge is 0.289 e. The van der Waals surface area contributed by atoms with E-state index in [0.29, 0.717) is 34.9 Å². The molecule has 1 N–H and O–H groups in total. The maximum atomic E-state index is 12.8. The van der Waals surface area contributed by atoms with Gasteiger partial charge in [-0.25, -0.2) is 0 Å². The van der Waals surface area contributed by atoms with Crippen molar-refractivity contribution >= 4 is 18.3 Å². The summed E-state index contributed by atoms with van der Waals surface area (Å²) in [5, 5.41) is 3.46. The number of carbonyl (C=O) groups excluding carboxylic acids is 1. The Hall–Kier alpha value is -2.18. The molecule has 0 radical (unpaired) electrons. The first-order chi connectivity index (χ1) is 13.2. The van der Waals surface area contributed by atoms with Crippen LogP contribution >= 0.6 is 12.4 Å². The van der Waals surface area contributed by atoms with Crippen LogP contribution in [0.3, 0.4) is 0 Å². The molecule has 7 heteroatoms. The molecule has 4 rings (SSSR count). The molecular formula is C21H27ClN2O4. The number of fused-ring (bicyclic) bond motifs is 1. The second kappa shape index (κ2) is 9.34. The Morgan fingerprint density at radius 2 is 1.79 bits per heavy atom. The van der Waals surface area contributed by atoms with Crippen LogP contribution in [0.1, 0.15) is 29.2 Å². The molecule has 2 aliphatic rings. The predicted molar refractivity (Wildman–Crippen MR) is 108 cm³/mol. The molecule has 2 saturated heterocycles. The van der Waals surface area contributed by atoms with E-state index in [1.807, 2.05) is 29.2 Å². The number of nitrogens with zero attached hydrogens (tertiary/aromatic N) is 1. The number of furan rings is 1. The number of amides is 1. The standard InChI is InChI=1S/C21H26N2O4.ClH/c1-25-18-4-2-3-5-19(18)26-14-17-6-7-20(27-17)21(24)23-10-8-15-12-22-13-16(15)9-11-23;/h2-7,15-16,22H,8-14H2,1H3;1H/t15-,16+;. The van der Waals surface area contributed by atoms with Gasteiger partial charge in [0.25, 0.3) is 5.91 Å². The highest BCUT2D eigenvalue weighted by Gasteiger charge is 2.32. The summed E-state index contributed by atoms with van der Waals surface area (Å²) in [5.41, 5.74) is 0. The van der Waals surface area contributed by atoms with Gasteiger partial charge in [0.05, 0.1) is 7.11 Å². The number of nitrogens with one attached hydrogen (secondary N) is 1. The minimum absolute atomic E-state index is 0. The van der Waals surface area contributed by atoms with Crippen LogP contribution in [0.25, 0.3) is 0 Å². The zero-order valence-electron chi connectivity index (χ0n) is 16.1. The van der Waals surface area contributed by atoms with E-state index in [2.05, 4.69) is 5.32 Å². The largest absolute Gasteiger partial charge is 0.493 e. The van der Waals surface area contributed by atoms with E-state index in [-0.39, 0.29) is 24.9 Å². The van der Waals surface area contributed by atoms with Crippen molar-refractivity contribution in [2.45, 2.75) is 19.4 Å².